The first kappa shape index (κ1) is 17.2. The number of nitrogens with two attached hydrogens (primary N) is 1. The molecule has 0 saturated carbocycles. The summed E-state index contributed by atoms with van der Waals surface area (Å²) in [4.78, 5) is 4.18. The van der Waals surface area contributed by atoms with Crippen molar-refractivity contribution in [1.82, 2.24) is 5.32 Å². The van der Waals surface area contributed by atoms with Crippen molar-refractivity contribution in [2.24, 2.45) is 10.7 Å². The Hall–Kier alpha value is -0.760. The molecule has 0 heterocycles. The van der Waals surface area contributed by atoms with Crippen LogP contribution in [0.1, 0.15) is 12.5 Å². The van der Waals surface area contributed by atoms with E-state index in [9.17, 15) is 5.11 Å². The highest BCUT2D eigenvalue weighted by atomic mass is 127. The summed E-state index contributed by atoms with van der Waals surface area (Å²) in [6, 6.07) is 5.23. The van der Waals surface area contributed by atoms with Crippen molar-refractivity contribution < 1.29 is 5.11 Å². The molecule has 18 heavy (non-hydrogen) atoms. The van der Waals surface area contributed by atoms with Crippen LogP contribution in [0, 0.1) is 0 Å². The highest BCUT2D eigenvalue weighted by Gasteiger charge is 1.99. The molecule has 0 aliphatic heterocycles. The van der Waals surface area contributed by atoms with Crippen molar-refractivity contribution in [2.75, 3.05) is 6.54 Å². The van der Waals surface area contributed by atoms with E-state index < -0.39 is 0 Å². The Balaban J connectivity index is 0.00000289. The van der Waals surface area contributed by atoms with E-state index in [0.717, 1.165) is 11.1 Å². The molecule has 0 radical (unpaired) electrons. The fraction of sp³-hybridized carbons (Fsp3) is 0.250. The molecule has 4 nitrogen and oxygen atoms in total. The van der Waals surface area contributed by atoms with Crippen LogP contribution in [0.5, 0.6) is 5.75 Å². The summed E-state index contributed by atoms with van der Waals surface area (Å²) in [5.41, 5.74) is 7.64. The van der Waals surface area contributed by atoms with Gasteiger partial charge < -0.3 is 16.2 Å². The van der Waals surface area contributed by atoms with Crippen molar-refractivity contribution in [3.8, 4) is 5.75 Å². The number of aliphatic imine (C=N–C) groups is 1. The Morgan fingerprint density at radius 2 is 2.22 bits per heavy atom. The molecule has 0 bridgehead atoms. The Morgan fingerprint density at radius 3 is 2.78 bits per heavy atom. The molecule has 0 spiro atoms. The number of nitrogens with zero attached hydrogens (tertiary/aromatic N) is 1. The largest absolute Gasteiger partial charge is 0.507 e. The van der Waals surface area contributed by atoms with E-state index in [1.165, 1.54) is 0 Å². The summed E-state index contributed by atoms with van der Waals surface area (Å²) >= 11 is 3.25. The van der Waals surface area contributed by atoms with Crippen LogP contribution in [0.3, 0.4) is 0 Å². The van der Waals surface area contributed by atoms with E-state index in [0.29, 0.717) is 23.5 Å². The summed E-state index contributed by atoms with van der Waals surface area (Å²) < 4.78 is 0.652. The van der Waals surface area contributed by atoms with Gasteiger partial charge in [-0.2, -0.15) is 0 Å². The fourth-order valence-corrected chi connectivity index (χ4v) is 1.55. The minimum absolute atomic E-state index is 0. The molecule has 0 saturated heterocycles. The minimum atomic E-state index is 0. The molecule has 0 aliphatic carbocycles. The normalized spacial score (nSPS) is 10.7. The molecule has 0 atom stereocenters. The average Bonchev–Trinajstić information content (AvgIpc) is 2.28. The van der Waals surface area contributed by atoms with E-state index in [-0.39, 0.29) is 29.7 Å². The molecule has 0 amide bonds. The quantitative estimate of drug-likeness (QED) is 0.300. The van der Waals surface area contributed by atoms with Crippen LogP contribution in [-0.4, -0.2) is 17.6 Å². The first-order chi connectivity index (χ1) is 7.99. The van der Waals surface area contributed by atoms with Crippen LogP contribution in [0.4, 0.5) is 0 Å². The van der Waals surface area contributed by atoms with E-state index in [1.807, 2.05) is 13.0 Å². The minimum Gasteiger partial charge on any atom is -0.507 e. The smallest absolute Gasteiger partial charge is 0.189 e. The first-order valence-electron chi connectivity index (χ1n) is 5.14. The van der Waals surface area contributed by atoms with Gasteiger partial charge in [-0.3, -0.25) is 0 Å². The van der Waals surface area contributed by atoms with Gasteiger partial charge in [0.1, 0.15) is 5.75 Å². The molecular weight excluding hydrogens is 409 g/mol. The second-order valence-electron chi connectivity index (χ2n) is 3.80. The van der Waals surface area contributed by atoms with E-state index in [4.69, 9.17) is 5.73 Å². The van der Waals surface area contributed by atoms with Gasteiger partial charge in [0, 0.05) is 6.54 Å². The summed E-state index contributed by atoms with van der Waals surface area (Å²) in [5, 5.41) is 12.3. The third-order valence-electron chi connectivity index (χ3n) is 2.02. The third-order valence-corrected chi connectivity index (χ3v) is 2.65. The maximum Gasteiger partial charge on any atom is 0.189 e. The molecule has 0 unspecified atom stereocenters. The molecule has 0 aliphatic rings. The van der Waals surface area contributed by atoms with Gasteiger partial charge in [-0.1, -0.05) is 18.2 Å². The molecule has 1 aromatic rings. The zero-order valence-corrected chi connectivity index (χ0v) is 14.0. The van der Waals surface area contributed by atoms with E-state index in [1.54, 1.807) is 12.1 Å². The Bertz CT molecular complexity index is 449. The molecule has 0 aromatic heterocycles. The van der Waals surface area contributed by atoms with Gasteiger partial charge in [0.05, 0.1) is 11.0 Å². The zero-order valence-electron chi connectivity index (χ0n) is 10.1. The Labute approximate surface area is 133 Å². The standard InChI is InChI=1S/C12H16BrN3O.HI/c1-8(2)6-15-12(14)16-7-9-3-4-11(17)10(13)5-9;/h3-5,17H,1,6-7H2,2H3,(H3,14,15,16);1H. The van der Waals surface area contributed by atoms with Crippen molar-refractivity contribution in [1.29, 1.82) is 0 Å². The van der Waals surface area contributed by atoms with Crippen LogP contribution >= 0.6 is 39.9 Å². The van der Waals surface area contributed by atoms with E-state index >= 15 is 0 Å². The lowest BCUT2D eigenvalue weighted by Gasteiger charge is -2.05. The van der Waals surface area contributed by atoms with Crippen LogP contribution in [0.25, 0.3) is 0 Å². The predicted octanol–water partition coefficient (Wildman–Crippen LogP) is 2.75. The van der Waals surface area contributed by atoms with Crippen LogP contribution in [-0.2, 0) is 6.54 Å². The molecule has 1 rings (SSSR count). The topological polar surface area (TPSA) is 70.6 Å². The SMILES string of the molecule is C=C(C)CNC(N)=NCc1ccc(O)c(Br)c1.I. The number of phenolic OH excluding ortho intramolecular Hbond substituents is 1. The van der Waals surface area contributed by atoms with Gasteiger partial charge in [-0.25, -0.2) is 4.99 Å². The highest BCUT2D eigenvalue weighted by molar-refractivity contribution is 14.0. The average molecular weight is 426 g/mol. The first-order valence-corrected chi connectivity index (χ1v) is 5.94. The number of nitrogens with one attached hydrogen (secondary N) is 1. The van der Waals surface area contributed by atoms with Gasteiger partial charge in [-0.05, 0) is 40.5 Å². The van der Waals surface area contributed by atoms with Gasteiger partial charge >= 0.3 is 0 Å². The lowest BCUT2D eigenvalue weighted by atomic mass is 10.2. The molecular formula is C12H17BrIN3O. The zero-order chi connectivity index (χ0) is 12.8. The molecule has 100 valence electrons. The number of aromatic hydroxyl groups is 1. The maximum absolute atomic E-state index is 9.34. The van der Waals surface area contributed by atoms with Gasteiger partial charge in [0.25, 0.3) is 0 Å². The summed E-state index contributed by atoms with van der Waals surface area (Å²) in [5.74, 6) is 0.600. The molecule has 0 fully saturated rings. The van der Waals surface area contributed by atoms with E-state index in [2.05, 4.69) is 32.8 Å². The highest BCUT2D eigenvalue weighted by Crippen LogP contribution is 2.24. The van der Waals surface area contributed by atoms with Gasteiger partial charge in [0.15, 0.2) is 5.96 Å². The van der Waals surface area contributed by atoms with Crippen molar-refractivity contribution in [3.63, 3.8) is 0 Å². The Morgan fingerprint density at radius 1 is 1.56 bits per heavy atom. The maximum atomic E-state index is 9.34. The number of hydrogen-bond donors (Lipinski definition) is 3. The third kappa shape index (κ3) is 6.25. The Kier molecular flexibility index (Phi) is 8.01. The molecule has 1 aromatic carbocycles. The monoisotopic (exact) mass is 425 g/mol. The molecule has 6 heteroatoms. The van der Waals surface area contributed by atoms with Crippen molar-refractivity contribution in [2.45, 2.75) is 13.5 Å². The summed E-state index contributed by atoms with van der Waals surface area (Å²) in [7, 11) is 0. The van der Waals surface area contributed by atoms with Crippen molar-refractivity contribution >= 4 is 45.9 Å². The fourth-order valence-electron chi connectivity index (χ4n) is 1.12. The van der Waals surface area contributed by atoms with Crippen LogP contribution in [0.2, 0.25) is 0 Å². The lowest BCUT2D eigenvalue weighted by molar-refractivity contribution is 0.471. The lowest BCUT2D eigenvalue weighted by Crippen LogP contribution is -2.32. The summed E-state index contributed by atoms with van der Waals surface area (Å²) in [6.07, 6.45) is 0. The number of guanidine groups is 1. The van der Waals surface area contributed by atoms with Gasteiger partial charge in [-0.15, -0.1) is 24.0 Å². The molecule has 4 N–H and O–H groups in total. The number of rotatable bonds is 4. The second kappa shape index (κ2) is 8.36. The van der Waals surface area contributed by atoms with Crippen LogP contribution in [0.15, 0.2) is 39.8 Å². The van der Waals surface area contributed by atoms with Gasteiger partial charge in [0.2, 0.25) is 0 Å². The second-order valence-corrected chi connectivity index (χ2v) is 4.65. The van der Waals surface area contributed by atoms with Crippen molar-refractivity contribution in [3.05, 3.63) is 40.4 Å². The predicted molar refractivity (Wildman–Crippen MR) is 89.4 cm³/mol. The number of halogens is 2. The van der Waals surface area contributed by atoms with Crippen LogP contribution < -0.4 is 11.1 Å². The number of hydrogen-bond acceptors (Lipinski definition) is 2. The number of benzene rings is 1. The number of phenols is 1. The summed E-state index contributed by atoms with van der Waals surface area (Å²) in [6.45, 7) is 6.76.